The molecular formula is C17H14Cl2N4O2S. The predicted molar refractivity (Wildman–Crippen MR) is 104 cm³/mol. The summed E-state index contributed by atoms with van der Waals surface area (Å²) < 4.78 is 27.8. The van der Waals surface area contributed by atoms with Crippen molar-refractivity contribution in [2.45, 2.75) is 11.8 Å². The standard InChI is InChI=1S/C17H14Cl2N4O2S/c1-10-6-16(20)21-9-13(10)11-2-4-14(19)15(7-11)26(24,25)23-17-5-3-12(18)8-22-17/h2-9H,1H3,(H2,20,21)(H,22,23). The molecule has 26 heavy (non-hydrogen) atoms. The molecule has 6 nitrogen and oxygen atoms in total. The molecule has 9 heteroatoms. The molecule has 0 aliphatic carbocycles. The Kier molecular flexibility index (Phi) is 5.04. The van der Waals surface area contributed by atoms with Gasteiger partial charge < -0.3 is 5.73 Å². The number of halogens is 2. The van der Waals surface area contributed by atoms with Gasteiger partial charge in [-0.2, -0.15) is 0 Å². The fraction of sp³-hybridized carbons (Fsp3) is 0.0588. The minimum atomic E-state index is -3.94. The Bertz CT molecular complexity index is 1070. The maximum atomic E-state index is 12.7. The summed E-state index contributed by atoms with van der Waals surface area (Å²) in [6.45, 7) is 1.87. The second-order valence-corrected chi connectivity index (χ2v) is 8.03. The van der Waals surface area contributed by atoms with Crippen LogP contribution in [0.4, 0.5) is 11.6 Å². The molecule has 0 aliphatic heterocycles. The Hall–Kier alpha value is -2.35. The quantitative estimate of drug-likeness (QED) is 0.675. The van der Waals surface area contributed by atoms with Gasteiger partial charge in [0.1, 0.15) is 16.5 Å². The molecule has 0 atom stereocenters. The third-order valence-corrected chi connectivity index (χ3v) is 5.69. The van der Waals surface area contributed by atoms with Crippen molar-refractivity contribution < 1.29 is 8.42 Å². The molecule has 134 valence electrons. The van der Waals surface area contributed by atoms with E-state index >= 15 is 0 Å². The SMILES string of the molecule is Cc1cc(N)ncc1-c1ccc(Cl)c(S(=O)(=O)Nc2ccc(Cl)cn2)c1. The van der Waals surface area contributed by atoms with Gasteiger partial charge in [-0.15, -0.1) is 0 Å². The topological polar surface area (TPSA) is 98.0 Å². The van der Waals surface area contributed by atoms with Crippen LogP contribution in [0.2, 0.25) is 10.0 Å². The highest BCUT2D eigenvalue weighted by Crippen LogP contribution is 2.31. The molecule has 0 unspecified atom stereocenters. The Labute approximate surface area is 161 Å². The first-order valence-electron chi connectivity index (χ1n) is 7.43. The molecule has 0 bridgehead atoms. The number of benzene rings is 1. The van der Waals surface area contributed by atoms with Crippen LogP contribution in [0.5, 0.6) is 0 Å². The Morgan fingerprint density at radius 2 is 1.81 bits per heavy atom. The van der Waals surface area contributed by atoms with E-state index < -0.39 is 10.0 Å². The van der Waals surface area contributed by atoms with Crippen LogP contribution in [0.25, 0.3) is 11.1 Å². The number of nitrogens with one attached hydrogen (secondary N) is 1. The zero-order chi connectivity index (χ0) is 18.9. The monoisotopic (exact) mass is 408 g/mol. The third kappa shape index (κ3) is 3.90. The molecule has 0 fully saturated rings. The lowest BCUT2D eigenvalue weighted by Crippen LogP contribution is -2.14. The van der Waals surface area contributed by atoms with Crippen molar-refractivity contribution in [3.05, 3.63) is 64.4 Å². The van der Waals surface area contributed by atoms with Gasteiger partial charge >= 0.3 is 0 Å². The fourth-order valence-electron chi connectivity index (χ4n) is 2.39. The van der Waals surface area contributed by atoms with Gasteiger partial charge in [0.05, 0.1) is 10.0 Å². The smallest absolute Gasteiger partial charge is 0.264 e. The first kappa shape index (κ1) is 18.4. The van der Waals surface area contributed by atoms with E-state index in [-0.39, 0.29) is 15.7 Å². The molecule has 0 amide bonds. The highest BCUT2D eigenvalue weighted by Gasteiger charge is 2.20. The lowest BCUT2D eigenvalue weighted by atomic mass is 10.0. The summed E-state index contributed by atoms with van der Waals surface area (Å²) in [5, 5.41) is 0.496. The van der Waals surface area contributed by atoms with Crippen molar-refractivity contribution in [3.63, 3.8) is 0 Å². The van der Waals surface area contributed by atoms with Crippen LogP contribution in [0.15, 0.2) is 53.7 Å². The van der Waals surface area contributed by atoms with E-state index in [9.17, 15) is 8.42 Å². The minimum absolute atomic E-state index is 0.0651. The number of anilines is 2. The number of nitrogens with two attached hydrogens (primary N) is 1. The van der Waals surface area contributed by atoms with E-state index in [4.69, 9.17) is 28.9 Å². The highest BCUT2D eigenvalue weighted by atomic mass is 35.5. The summed E-state index contributed by atoms with van der Waals surface area (Å²) in [4.78, 5) is 7.93. The summed E-state index contributed by atoms with van der Waals surface area (Å²) in [5.41, 5.74) is 7.96. The van der Waals surface area contributed by atoms with Crippen LogP contribution < -0.4 is 10.5 Å². The van der Waals surface area contributed by atoms with Gasteiger partial charge in [0.25, 0.3) is 10.0 Å². The lowest BCUT2D eigenvalue weighted by Gasteiger charge is -2.12. The number of nitrogens with zero attached hydrogens (tertiary/aromatic N) is 2. The molecular weight excluding hydrogens is 395 g/mol. The van der Waals surface area contributed by atoms with E-state index in [1.165, 1.54) is 30.5 Å². The van der Waals surface area contributed by atoms with E-state index in [0.717, 1.165) is 11.1 Å². The summed E-state index contributed by atoms with van der Waals surface area (Å²) in [5.74, 6) is 0.532. The molecule has 3 rings (SSSR count). The average Bonchev–Trinajstić information content (AvgIpc) is 2.57. The first-order valence-corrected chi connectivity index (χ1v) is 9.66. The number of sulfonamides is 1. The lowest BCUT2D eigenvalue weighted by molar-refractivity contribution is 0.601. The van der Waals surface area contributed by atoms with E-state index in [0.29, 0.717) is 16.4 Å². The van der Waals surface area contributed by atoms with E-state index in [2.05, 4.69) is 14.7 Å². The summed E-state index contributed by atoms with van der Waals surface area (Å²) in [6.07, 6.45) is 2.94. The number of hydrogen-bond acceptors (Lipinski definition) is 5. The van der Waals surface area contributed by atoms with Crippen LogP contribution in [-0.4, -0.2) is 18.4 Å². The Balaban J connectivity index is 2.02. The maximum absolute atomic E-state index is 12.7. The maximum Gasteiger partial charge on any atom is 0.264 e. The van der Waals surface area contributed by atoms with Crippen molar-refractivity contribution in [2.24, 2.45) is 0 Å². The number of rotatable bonds is 4. The third-order valence-electron chi connectivity index (χ3n) is 3.63. The predicted octanol–water partition coefficient (Wildman–Crippen LogP) is 4.14. The second-order valence-electron chi connectivity index (χ2n) is 5.54. The second kappa shape index (κ2) is 7.11. The number of pyridine rings is 2. The van der Waals surface area contributed by atoms with Crippen molar-refractivity contribution in [1.82, 2.24) is 9.97 Å². The van der Waals surface area contributed by atoms with Crippen molar-refractivity contribution in [1.29, 1.82) is 0 Å². The van der Waals surface area contributed by atoms with Crippen LogP contribution in [0.3, 0.4) is 0 Å². The fourth-order valence-corrected chi connectivity index (χ4v) is 4.03. The van der Waals surface area contributed by atoms with Crippen LogP contribution in [-0.2, 0) is 10.0 Å². The average molecular weight is 409 g/mol. The number of hydrogen-bond donors (Lipinski definition) is 2. The van der Waals surface area contributed by atoms with Crippen molar-refractivity contribution in [3.8, 4) is 11.1 Å². The number of aryl methyl sites for hydroxylation is 1. The van der Waals surface area contributed by atoms with Gasteiger partial charge in [-0.3, -0.25) is 4.72 Å². The van der Waals surface area contributed by atoms with Gasteiger partial charge in [-0.1, -0.05) is 29.3 Å². The molecule has 2 heterocycles. The van der Waals surface area contributed by atoms with Crippen molar-refractivity contribution >= 4 is 44.9 Å². The van der Waals surface area contributed by atoms with E-state index in [1.807, 2.05) is 6.92 Å². The van der Waals surface area contributed by atoms with Gasteiger partial charge in [0, 0.05) is 18.0 Å². The van der Waals surface area contributed by atoms with Crippen LogP contribution >= 0.6 is 23.2 Å². The zero-order valence-electron chi connectivity index (χ0n) is 13.6. The van der Waals surface area contributed by atoms with Gasteiger partial charge in [-0.25, -0.2) is 18.4 Å². The van der Waals surface area contributed by atoms with Gasteiger partial charge in [-0.05, 0) is 48.4 Å². The summed E-state index contributed by atoms with van der Waals surface area (Å²) in [6, 6.07) is 9.45. The molecule has 3 N–H and O–H groups in total. The molecule has 0 radical (unpaired) electrons. The molecule has 0 saturated heterocycles. The van der Waals surface area contributed by atoms with E-state index in [1.54, 1.807) is 18.3 Å². The van der Waals surface area contributed by atoms with Crippen molar-refractivity contribution in [2.75, 3.05) is 10.5 Å². The molecule has 1 aromatic carbocycles. The summed E-state index contributed by atoms with van der Waals surface area (Å²) in [7, 11) is -3.94. The largest absolute Gasteiger partial charge is 0.384 e. The molecule has 3 aromatic rings. The number of aromatic nitrogens is 2. The summed E-state index contributed by atoms with van der Waals surface area (Å²) >= 11 is 11.9. The molecule has 0 spiro atoms. The Morgan fingerprint density at radius 1 is 1.04 bits per heavy atom. The number of nitrogen functional groups attached to an aromatic ring is 1. The normalized spacial score (nSPS) is 11.3. The first-order chi connectivity index (χ1) is 12.3. The van der Waals surface area contributed by atoms with Crippen LogP contribution in [0.1, 0.15) is 5.56 Å². The van der Waals surface area contributed by atoms with Crippen LogP contribution in [0, 0.1) is 6.92 Å². The zero-order valence-corrected chi connectivity index (χ0v) is 15.9. The molecule has 0 saturated carbocycles. The molecule has 0 aliphatic rings. The molecule has 2 aromatic heterocycles. The van der Waals surface area contributed by atoms with Gasteiger partial charge in [0.2, 0.25) is 0 Å². The highest BCUT2D eigenvalue weighted by molar-refractivity contribution is 7.92. The minimum Gasteiger partial charge on any atom is -0.384 e. The Morgan fingerprint density at radius 3 is 2.46 bits per heavy atom. The van der Waals surface area contributed by atoms with Gasteiger partial charge in [0.15, 0.2) is 0 Å².